The number of hydrogen-bond acceptors (Lipinski definition) is 9. The molecule has 0 amide bonds. The first kappa shape index (κ1) is 20.5. The molecule has 11 nitrogen and oxygen atoms in total. The molecule has 1 fully saturated rings. The van der Waals surface area contributed by atoms with Crippen molar-refractivity contribution < 1.29 is 14.4 Å². The number of tetrazole rings is 1. The first-order chi connectivity index (χ1) is 14.6. The van der Waals surface area contributed by atoms with Crippen LogP contribution >= 0.6 is 0 Å². The highest BCUT2D eigenvalue weighted by Gasteiger charge is 2.34. The Hall–Kier alpha value is -2.79. The van der Waals surface area contributed by atoms with Gasteiger partial charge in [-0.2, -0.15) is 0 Å². The van der Waals surface area contributed by atoms with Crippen molar-refractivity contribution in [3.05, 3.63) is 33.6 Å². The molecule has 2 aromatic rings. The predicted molar refractivity (Wildman–Crippen MR) is 107 cm³/mol. The number of fused-ring (bicyclic) bond motifs is 1. The lowest BCUT2D eigenvalue weighted by Crippen LogP contribution is -2.40. The maximum Gasteiger partial charge on any atom is 0.278 e. The molecule has 162 valence electrons. The smallest absolute Gasteiger partial charge is 0.278 e. The summed E-state index contributed by atoms with van der Waals surface area (Å²) >= 11 is 0. The second-order valence-electron chi connectivity index (χ2n) is 7.85. The highest BCUT2D eigenvalue weighted by atomic mass is 16.7. The number of ether oxygens (including phenoxy) is 2. The number of hydrogen-bond donors (Lipinski definition) is 2. The maximum atomic E-state index is 11.9. The second kappa shape index (κ2) is 8.92. The van der Waals surface area contributed by atoms with Gasteiger partial charge in [-0.3, -0.25) is 10.1 Å². The molecule has 4 rings (SSSR count). The van der Waals surface area contributed by atoms with Crippen LogP contribution in [-0.2, 0) is 6.54 Å². The van der Waals surface area contributed by atoms with Crippen molar-refractivity contribution in [3.63, 3.8) is 0 Å². The topological polar surface area (TPSA) is 143 Å². The normalized spacial score (nSPS) is 21.5. The fourth-order valence-corrected chi connectivity index (χ4v) is 4.05. The molecule has 1 aromatic carbocycles. The minimum atomic E-state index is -0.550. The number of aryl methyl sites for hydroxylation is 1. The van der Waals surface area contributed by atoms with E-state index in [0.29, 0.717) is 29.4 Å². The molecule has 3 N–H and O–H groups in total. The number of benzene rings is 1. The molecule has 0 radical (unpaired) electrons. The number of nitrogens with one attached hydrogen (secondary N) is 1. The van der Waals surface area contributed by atoms with Crippen molar-refractivity contribution in [2.75, 3.05) is 6.79 Å². The van der Waals surface area contributed by atoms with Gasteiger partial charge in [0.25, 0.3) is 5.69 Å². The van der Waals surface area contributed by atoms with Gasteiger partial charge in [0.2, 0.25) is 6.79 Å². The summed E-state index contributed by atoms with van der Waals surface area (Å²) in [7, 11) is 0. The van der Waals surface area contributed by atoms with E-state index in [-0.39, 0.29) is 24.6 Å². The molecule has 2 aliphatic rings. The molecule has 0 spiro atoms. The van der Waals surface area contributed by atoms with E-state index < -0.39 is 11.0 Å². The zero-order valence-corrected chi connectivity index (χ0v) is 17.0. The standard InChI is InChI=1S/C19H27N7O4/c1-2-3-8-25-19(22-23-24-25)18(21-13-6-4-12(20)5-7-13)14-9-16-17(30-11-29-16)10-15(14)26(27)28/h9-10,12-13,18,21H,2-8,11,20H2,1H3. The molecule has 2 heterocycles. The summed E-state index contributed by atoms with van der Waals surface area (Å²) in [4.78, 5) is 11.5. The Kier molecular flexibility index (Phi) is 6.09. The maximum absolute atomic E-state index is 11.9. The van der Waals surface area contributed by atoms with Gasteiger partial charge < -0.3 is 20.5 Å². The van der Waals surface area contributed by atoms with Gasteiger partial charge in [0.15, 0.2) is 17.3 Å². The van der Waals surface area contributed by atoms with Crippen molar-refractivity contribution in [1.29, 1.82) is 0 Å². The fourth-order valence-electron chi connectivity index (χ4n) is 4.05. The lowest BCUT2D eigenvalue weighted by Gasteiger charge is -2.30. The number of nitro benzene ring substituents is 1. The Morgan fingerprint density at radius 3 is 2.73 bits per heavy atom. The van der Waals surface area contributed by atoms with Gasteiger partial charge in [0.1, 0.15) is 6.04 Å². The van der Waals surface area contributed by atoms with Gasteiger partial charge >= 0.3 is 0 Å². The Morgan fingerprint density at radius 1 is 1.30 bits per heavy atom. The van der Waals surface area contributed by atoms with Gasteiger partial charge in [0.05, 0.1) is 16.6 Å². The van der Waals surface area contributed by atoms with Crippen LogP contribution in [0.15, 0.2) is 12.1 Å². The van der Waals surface area contributed by atoms with Crippen LogP contribution < -0.4 is 20.5 Å². The molecular weight excluding hydrogens is 390 g/mol. The van der Waals surface area contributed by atoms with Gasteiger partial charge in [-0.15, -0.1) is 5.10 Å². The first-order valence-corrected chi connectivity index (χ1v) is 10.4. The minimum absolute atomic E-state index is 0.0444. The summed E-state index contributed by atoms with van der Waals surface area (Å²) in [6.07, 6.45) is 5.51. The van der Waals surface area contributed by atoms with Crippen LogP contribution in [0.25, 0.3) is 0 Å². The lowest BCUT2D eigenvalue weighted by molar-refractivity contribution is -0.385. The van der Waals surface area contributed by atoms with E-state index in [4.69, 9.17) is 15.2 Å². The Bertz CT molecular complexity index is 895. The highest BCUT2D eigenvalue weighted by molar-refractivity contribution is 5.57. The zero-order valence-electron chi connectivity index (χ0n) is 17.0. The summed E-state index contributed by atoms with van der Waals surface area (Å²) in [5.41, 5.74) is 6.47. The van der Waals surface area contributed by atoms with Crippen molar-refractivity contribution in [3.8, 4) is 11.5 Å². The van der Waals surface area contributed by atoms with E-state index in [1.54, 1.807) is 10.7 Å². The van der Waals surface area contributed by atoms with Gasteiger partial charge in [0, 0.05) is 18.6 Å². The van der Waals surface area contributed by atoms with Crippen molar-refractivity contribution in [2.24, 2.45) is 5.73 Å². The lowest BCUT2D eigenvalue weighted by atomic mass is 9.90. The monoisotopic (exact) mass is 417 g/mol. The van der Waals surface area contributed by atoms with Crippen LogP contribution in [0, 0.1) is 10.1 Å². The predicted octanol–water partition coefficient (Wildman–Crippen LogP) is 2.06. The van der Waals surface area contributed by atoms with Crippen molar-refractivity contribution in [2.45, 2.75) is 70.1 Å². The average molecular weight is 417 g/mol. The molecule has 1 saturated carbocycles. The Morgan fingerprint density at radius 2 is 2.03 bits per heavy atom. The third-order valence-electron chi connectivity index (χ3n) is 5.75. The zero-order chi connectivity index (χ0) is 21.1. The van der Waals surface area contributed by atoms with E-state index in [1.807, 2.05) is 0 Å². The number of rotatable bonds is 8. The van der Waals surface area contributed by atoms with Crippen molar-refractivity contribution >= 4 is 5.69 Å². The van der Waals surface area contributed by atoms with Crippen LogP contribution in [-0.4, -0.2) is 44.0 Å². The molecule has 11 heteroatoms. The van der Waals surface area contributed by atoms with Gasteiger partial charge in [-0.25, -0.2) is 4.68 Å². The van der Waals surface area contributed by atoms with E-state index in [0.717, 1.165) is 38.5 Å². The average Bonchev–Trinajstić information content (AvgIpc) is 3.39. The van der Waals surface area contributed by atoms with Crippen LogP contribution in [0.3, 0.4) is 0 Å². The molecule has 1 atom stereocenters. The first-order valence-electron chi connectivity index (χ1n) is 10.4. The number of nitrogens with zero attached hydrogens (tertiary/aromatic N) is 5. The summed E-state index contributed by atoms with van der Waals surface area (Å²) in [6, 6.07) is 2.91. The van der Waals surface area contributed by atoms with Gasteiger partial charge in [-0.1, -0.05) is 13.3 Å². The summed E-state index contributed by atoms with van der Waals surface area (Å²) in [5.74, 6) is 1.42. The Balaban J connectivity index is 1.74. The molecule has 1 aliphatic carbocycles. The third kappa shape index (κ3) is 4.21. The number of nitro groups is 1. The van der Waals surface area contributed by atoms with Crippen LogP contribution in [0.2, 0.25) is 0 Å². The molecule has 30 heavy (non-hydrogen) atoms. The fraction of sp³-hybridized carbons (Fsp3) is 0.632. The molecule has 1 aromatic heterocycles. The van der Waals surface area contributed by atoms with Crippen LogP contribution in [0.5, 0.6) is 11.5 Å². The SMILES string of the molecule is CCCCn1nnnc1C(NC1CCC(N)CC1)c1cc2c(cc1[N+](=O)[O-])OCO2. The number of nitrogens with two attached hydrogens (primary N) is 1. The minimum Gasteiger partial charge on any atom is -0.454 e. The van der Waals surface area contributed by atoms with E-state index in [1.165, 1.54) is 6.07 Å². The van der Waals surface area contributed by atoms with Crippen LogP contribution in [0.1, 0.15) is 62.9 Å². The van der Waals surface area contributed by atoms with Crippen molar-refractivity contribution in [1.82, 2.24) is 25.5 Å². The highest BCUT2D eigenvalue weighted by Crippen LogP contribution is 2.41. The largest absolute Gasteiger partial charge is 0.454 e. The molecule has 0 bridgehead atoms. The quantitative estimate of drug-likeness (QED) is 0.487. The van der Waals surface area contributed by atoms with E-state index >= 15 is 0 Å². The van der Waals surface area contributed by atoms with Crippen LogP contribution in [0.4, 0.5) is 5.69 Å². The summed E-state index contributed by atoms with van der Waals surface area (Å²) in [6.45, 7) is 2.78. The molecule has 0 saturated heterocycles. The number of aromatic nitrogens is 4. The second-order valence-corrected chi connectivity index (χ2v) is 7.85. The van der Waals surface area contributed by atoms with E-state index in [2.05, 4.69) is 27.8 Å². The third-order valence-corrected chi connectivity index (χ3v) is 5.75. The molecular formula is C19H27N7O4. The molecule has 1 unspecified atom stereocenters. The summed E-state index contributed by atoms with van der Waals surface area (Å²) < 4.78 is 12.6. The number of unbranched alkanes of at least 4 members (excludes halogenated alkanes) is 1. The van der Waals surface area contributed by atoms with Gasteiger partial charge in [-0.05, 0) is 48.6 Å². The molecule has 1 aliphatic heterocycles. The summed E-state index contributed by atoms with van der Waals surface area (Å²) in [5, 5.41) is 27.7. The Labute approximate surface area is 174 Å². The van der Waals surface area contributed by atoms with E-state index in [9.17, 15) is 10.1 Å².